The number of carbonyl (C=O) groups is 3. The highest BCUT2D eigenvalue weighted by Gasteiger charge is 2.66. The van der Waals surface area contributed by atoms with Gasteiger partial charge in [0, 0.05) is 0 Å². The Morgan fingerprint density at radius 1 is 1.42 bits per heavy atom. The first-order valence-electron chi connectivity index (χ1n) is 6.02. The number of nitrogens with zero attached hydrogens (tertiary/aromatic N) is 1. The summed E-state index contributed by atoms with van der Waals surface area (Å²) in [7, 11) is 0. The Labute approximate surface area is 109 Å². The third-order valence-corrected chi connectivity index (χ3v) is 3.42. The molecule has 0 aliphatic carbocycles. The molecule has 2 heterocycles. The van der Waals surface area contributed by atoms with Crippen LogP contribution in [0.25, 0.3) is 0 Å². The molecular weight excluding hydrogens is 248 g/mol. The quantitative estimate of drug-likeness (QED) is 0.482. The van der Waals surface area contributed by atoms with Crippen LogP contribution in [0, 0.1) is 0 Å². The Kier molecular flexibility index (Phi) is 2.35. The van der Waals surface area contributed by atoms with Gasteiger partial charge in [-0.3, -0.25) is 14.5 Å². The molecule has 1 atom stereocenters. The van der Waals surface area contributed by atoms with Gasteiger partial charge >= 0.3 is 5.97 Å². The van der Waals surface area contributed by atoms with Crippen molar-refractivity contribution in [3.05, 3.63) is 24.3 Å². The molecule has 0 saturated carbocycles. The molecule has 19 heavy (non-hydrogen) atoms. The Morgan fingerprint density at radius 2 is 2.16 bits per heavy atom. The summed E-state index contributed by atoms with van der Waals surface area (Å²) in [6.07, 6.45) is -0.147. The van der Waals surface area contributed by atoms with E-state index in [0.29, 0.717) is 11.4 Å². The van der Waals surface area contributed by atoms with Crippen LogP contribution in [0.1, 0.15) is 13.3 Å². The lowest BCUT2D eigenvalue weighted by atomic mass is 9.80. The highest BCUT2D eigenvalue weighted by molar-refractivity contribution is 6.31. The van der Waals surface area contributed by atoms with Gasteiger partial charge in [-0.2, -0.15) is 0 Å². The minimum Gasteiger partial charge on any atom is -0.464 e. The zero-order chi connectivity index (χ0) is 13.6. The largest absolute Gasteiger partial charge is 0.464 e. The molecule has 98 valence electrons. The van der Waals surface area contributed by atoms with Gasteiger partial charge in [0.2, 0.25) is 11.4 Å². The Bertz CT molecular complexity index is 598. The van der Waals surface area contributed by atoms with Crippen LogP contribution in [0.4, 0.5) is 11.4 Å². The number of esters is 1. The van der Waals surface area contributed by atoms with E-state index in [2.05, 4.69) is 5.32 Å². The maximum absolute atomic E-state index is 12.2. The van der Waals surface area contributed by atoms with Gasteiger partial charge < -0.3 is 10.1 Å². The van der Waals surface area contributed by atoms with Gasteiger partial charge in [-0.05, 0) is 19.1 Å². The number of rotatable bonds is 2. The minimum atomic E-state index is -1.53. The van der Waals surface area contributed by atoms with Gasteiger partial charge in [-0.1, -0.05) is 12.1 Å². The first kappa shape index (κ1) is 11.7. The van der Waals surface area contributed by atoms with Crippen molar-refractivity contribution in [2.24, 2.45) is 0 Å². The normalized spacial score (nSPS) is 23.9. The number of anilines is 2. The molecule has 1 saturated heterocycles. The summed E-state index contributed by atoms with van der Waals surface area (Å²) in [5.41, 5.74) is -0.464. The fourth-order valence-electron chi connectivity index (χ4n) is 2.53. The molecule has 2 aliphatic rings. The number of carbonyl (C=O) groups excluding carboxylic acids is 3. The lowest BCUT2D eigenvalue weighted by molar-refractivity contribution is -0.161. The zero-order valence-corrected chi connectivity index (χ0v) is 10.3. The van der Waals surface area contributed by atoms with Gasteiger partial charge in [-0.25, -0.2) is 4.79 Å². The van der Waals surface area contributed by atoms with Gasteiger partial charge in [0.25, 0.3) is 5.91 Å². The molecule has 3 rings (SSSR count). The SMILES string of the molecule is CCOC(=O)C12CC(=O)N1c1ccccc1NC2=O. The highest BCUT2D eigenvalue weighted by atomic mass is 16.5. The van der Waals surface area contributed by atoms with Gasteiger partial charge in [-0.15, -0.1) is 0 Å². The van der Waals surface area contributed by atoms with Crippen molar-refractivity contribution in [3.8, 4) is 0 Å². The summed E-state index contributed by atoms with van der Waals surface area (Å²) >= 11 is 0. The minimum absolute atomic E-state index is 0.147. The average Bonchev–Trinajstić information content (AvgIpc) is 2.37. The fourth-order valence-corrected chi connectivity index (χ4v) is 2.53. The maximum Gasteiger partial charge on any atom is 0.342 e. The smallest absolute Gasteiger partial charge is 0.342 e. The van der Waals surface area contributed by atoms with Gasteiger partial charge in [0.15, 0.2) is 0 Å². The number of β-lactam (4-membered cyclic amide) rings is 1. The molecule has 0 bridgehead atoms. The lowest BCUT2D eigenvalue weighted by Gasteiger charge is -2.50. The number of hydrogen-bond acceptors (Lipinski definition) is 4. The number of amides is 2. The molecule has 6 nitrogen and oxygen atoms in total. The maximum atomic E-state index is 12.2. The summed E-state index contributed by atoms with van der Waals surface area (Å²) in [6.45, 7) is 1.82. The topological polar surface area (TPSA) is 75.7 Å². The first-order valence-corrected chi connectivity index (χ1v) is 6.02. The second-order valence-electron chi connectivity index (χ2n) is 4.46. The second kappa shape index (κ2) is 3.81. The molecule has 1 aromatic rings. The molecule has 1 fully saturated rings. The molecule has 0 spiro atoms. The van der Waals surface area contributed by atoms with E-state index in [0.717, 1.165) is 0 Å². The standard InChI is InChI=1S/C13H12N2O4/c1-2-19-12(18)13-7-10(16)15(13)9-6-4-3-5-8(9)14-11(13)17/h3-6H,2,7H2,1H3,(H,14,17). The van der Waals surface area contributed by atoms with E-state index < -0.39 is 17.4 Å². The second-order valence-corrected chi connectivity index (χ2v) is 4.46. The van der Waals surface area contributed by atoms with E-state index in [1.165, 1.54) is 4.90 Å². The third-order valence-electron chi connectivity index (χ3n) is 3.42. The summed E-state index contributed by atoms with van der Waals surface area (Å²) < 4.78 is 4.95. The number of benzene rings is 1. The van der Waals surface area contributed by atoms with Crippen LogP contribution in [-0.4, -0.2) is 29.9 Å². The molecule has 0 radical (unpaired) electrons. The van der Waals surface area contributed by atoms with Crippen LogP contribution in [0.2, 0.25) is 0 Å². The molecule has 1 aromatic carbocycles. The molecule has 2 amide bonds. The summed E-state index contributed by atoms with van der Waals surface area (Å²) in [5, 5.41) is 2.66. The number of nitrogens with one attached hydrogen (secondary N) is 1. The molecule has 6 heteroatoms. The summed E-state index contributed by atoms with van der Waals surface area (Å²) in [6, 6.07) is 6.88. The Balaban J connectivity index is 2.11. The lowest BCUT2D eigenvalue weighted by Crippen LogP contribution is -2.75. The number of hydrogen-bond donors (Lipinski definition) is 1. The molecule has 2 aliphatic heterocycles. The Morgan fingerprint density at radius 3 is 2.84 bits per heavy atom. The predicted molar refractivity (Wildman–Crippen MR) is 66.5 cm³/mol. The molecular formula is C13H12N2O4. The van der Waals surface area contributed by atoms with E-state index in [1.807, 2.05) is 0 Å². The van der Waals surface area contributed by atoms with Crippen LogP contribution in [0.3, 0.4) is 0 Å². The average molecular weight is 260 g/mol. The van der Waals surface area contributed by atoms with Crippen molar-refractivity contribution in [1.29, 1.82) is 0 Å². The Hall–Kier alpha value is -2.37. The number of para-hydroxylation sites is 2. The summed E-state index contributed by atoms with van der Waals surface area (Å²) in [4.78, 5) is 37.3. The highest BCUT2D eigenvalue weighted by Crippen LogP contribution is 2.45. The number of ether oxygens (including phenoxy) is 1. The van der Waals surface area contributed by atoms with Crippen molar-refractivity contribution >= 4 is 29.2 Å². The number of fused-ring (bicyclic) bond motifs is 3. The van der Waals surface area contributed by atoms with Crippen LogP contribution in [0.5, 0.6) is 0 Å². The van der Waals surface area contributed by atoms with Crippen LogP contribution >= 0.6 is 0 Å². The van der Waals surface area contributed by atoms with Crippen LogP contribution < -0.4 is 10.2 Å². The first-order chi connectivity index (χ1) is 9.11. The van der Waals surface area contributed by atoms with Crippen molar-refractivity contribution in [2.45, 2.75) is 18.9 Å². The zero-order valence-electron chi connectivity index (χ0n) is 10.3. The van der Waals surface area contributed by atoms with E-state index in [9.17, 15) is 14.4 Å². The van der Waals surface area contributed by atoms with Crippen molar-refractivity contribution in [2.75, 3.05) is 16.8 Å². The third kappa shape index (κ3) is 1.34. The fraction of sp³-hybridized carbons (Fsp3) is 0.308. The monoisotopic (exact) mass is 260 g/mol. The van der Waals surface area contributed by atoms with Gasteiger partial charge in [0.1, 0.15) is 0 Å². The van der Waals surface area contributed by atoms with Gasteiger partial charge in [0.05, 0.1) is 24.4 Å². The van der Waals surface area contributed by atoms with E-state index >= 15 is 0 Å². The predicted octanol–water partition coefficient (Wildman–Crippen LogP) is 0.677. The van der Waals surface area contributed by atoms with E-state index in [-0.39, 0.29) is 18.9 Å². The summed E-state index contributed by atoms with van der Waals surface area (Å²) in [5.74, 6) is -1.44. The van der Waals surface area contributed by atoms with Crippen LogP contribution in [0.15, 0.2) is 24.3 Å². The van der Waals surface area contributed by atoms with Crippen LogP contribution in [-0.2, 0) is 19.1 Å². The van der Waals surface area contributed by atoms with Crippen molar-refractivity contribution in [1.82, 2.24) is 0 Å². The van der Waals surface area contributed by atoms with E-state index in [4.69, 9.17) is 4.74 Å². The molecule has 1 N–H and O–H groups in total. The molecule has 1 unspecified atom stereocenters. The van der Waals surface area contributed by atoms with Crippen molar-refractivity contribution < 1.29 is 19.1 Å². The van der Waals surface area contributed by atoms with E-state index in [1.54, 1.807) is 31.2 Å². The van der Waals surface area contributed by atoms with Crippen molar-refractivity contribution in [3.63, 3.8) is 0 Å². The molecule has 0 aromatic heterocycles.